The van der Waals surface area contributed by atoms with Gasteiger partial charge in [-0.1, -0.05) is 17.7 Å². The topological polar surface area (TPSA) is 42.1 Å². The number of halogens is 1. The molecular weight excluding hydrogens is 246 g/mol. The molecule has 1 aliphatic heterocycles. The number of hydrogen-bond donors (Lipinski definition) is 1. The molecule has 0 aliphatic carbocycles. The van der Waals surface area contributed by atoms with Crippen molar-refractivity contribution < 1.29 is 0 Å². The van der Waals surface area contributed by atoms with E-state index in [0.717, 1.165) is 29.4 Å². The van der Waals surface area contributed by atoms with Crippen LogP contribution in [-0.4, -0.2) is 18.1 Å². The molecule has 0 spiro atoms. The van der Waals surface area contributed by atoms with Gasteiger partial charge in [-0.3, -0.25) is 0 Å². The molecule has 4 heteroatoms. The lowest BCUT2D eigenvalue weighted by Gasteiger charge is -2.34. The van der Waals surface area contributed by atoms with Gasteiger partial charge >= 0.3 is 0 Å². The lowest BCUT2D eigenvalue weighted by Crippen LogP contribution is -2.37. The van der Waals surface area contributed by atoms with E-state index in [4.69, 9.17) is 17.3 Å². The van der Waals surface area contributed by atoms with E-state index < -0.39 is 0 Å². The molecule has 94 valence electrons. The van der Waals surface area contributed by atoms with E-state index in [1.807, 2.05) is 19.2 Å². The van der Waals surface area contributed by atoms with E-state index in [9.17, 15) is 0 Å². The van der Waals surface area contributed by atoms with Crippen molar-refractivity contribution in [3.05, 3.63) is 35.1 Å². The van der Waals surface area contributed by atoms with Gasteiger partial charge in [-0.25, -0.2) is 4.98 Å². The molecule has 1 atom stereocenters. The first-order valence-electron chi connectivity index (χ1n) is 6.25. The van der Waals surface area contributed by atoms with Crippen molar-refractivity contribution in [2.45, 2.75) is 19.4 Å². The minimum Gasteiger partial charge on any atom is -0.371 e. The number of benzene rings is 1. The fraction of sp³-hybridized carbons (Fsp3) is 0.357. The third-order valence-electron chi connectivity index (χ3n) is 3.57. The molecule has 1 fully saturated rings. The number of nitrogens with zero attached hydrogens (tertiary/aromatic N) is 2. The Balaban J connectivity index is 2.25. The molecule has 2 N–H and O–H groups in total. The first-order chi connectivity index (χ1) is 8.66. The molecule has 3 nitrogen and oxygen atoms in total. The third-order valence-corrected chi connectivity index (χ3v) is 3.77. The summed E-state index contributed by atoms with van der Waals surface area (Å²) >= 11 is 6.01. The number of aromatic nitrogens is 1. The van der Waals surface area contributed by atoms with Gasteiger partial charge in [-0.15, -0.1) is 0 Å². The molecular formula is C14H16ClN3. The Morgan fingerprint density at radius 1 is 1.33 bits per heavy atom. The largest absolute Gasteiger partial charge is 0.371 e. The monoisotopic (exact) mass is 261 g/mol. The van der Waals surface area contributed by atoms with Gasteiger partial charge < -0.3 is 10.6 Å². The van der Waals surface area contributed by atoms with Crippen LogP contribution in [0.3, 0.4) is 0 Å². The first-order valence-corrected chi connectivity index (χ1v) is 6.63. The molecule has 2 aromatic rings. The molecule has 3 rings (SSSR count). The lowest BCUT2D eigenvalue weighted by atomic mass is 9.99. The van der Waals surface area contributed by atoms with E-state index >= 15 is 0 Å². The first kappa shape index (κ1) is 11.8. The van der Waals surface area contributed by atoms with Gasteiger partial charge in [-0.2, -0.15) is 0 Å². The molecule has 1 aromatic carbocycles. The smallest absolute Gasteiger partial charge is 0.129 e. The van der Waals surface area contributed by atoms with Gasteiger partial charge in [-0.05, 0) is 36.4 Å². The second-order valence-corrected chi connectivity index (χ2v) is 5.24. The highest BCUT2D eigenvalue weighted by Crippen LogP contribution is 2.34. The predicted octanol–water partition coefficient (Wildman–Crippen LogP) is 3.12. The maximum Gasteiger partial charge on any atom is 0.129 e. The fourth-order valence-electron chi connectivity index (χ4n) is 2.45. The number of hydrogen-bond acceptors (Lipinski definition) is 3. The summed E-state index contributed by atoms with van der Waals surface area (Å²) in [7, 11) is 0. The van der Waals surface area contributed by atoms with Crippen LogP contribution in [0.2, 0.25) is 5.15 Å². The van der Waals surface area contributed by atoms with Crippen molar-refractivity contribution >= 4 is 28.1 Å². The zero-order chi connectivity index (χ0) is 12.7. The van der Waals surface area contributed by atoms with Gasteiger partial charge in [0.2, 0.25) is 0 Å². The standard InChI is InChI=1S/C14H16ClN3/c1-9(16)10-3-4-13(18-5-2-6-18)12-8-17-14(15)7-11(10)12/h3-4,7-9H,2,5-6,16H2,1H3. The fourth-order valence-corrected chi connectivity index (χ4v) is 2.61. The number of anilines is 1. The van der Waals surface area contributed by atoms with Crippen LogP contribution in [0.15, 0.2) is 24.4 Å². The Labute approximate surface area is 112 Å². The molecule has 0 radical (unpaired) electrons. The van der Waals surface area contributed by atoms with Gasteiger partial charge in [0, 0.05) is 36.4 Å². The minimum atomic E-state index is -0.00333. The highest BCUT2D eigenvalue weighted by molar-refractivity contribution is 6.30. The summed E-state index contributed by atoms with van der Waals surface area (Å²) < 4.78 is 0. The van der Waals surface area contributed by atoms with Crippen LogP contribution in [0.4, 0.5) is 5.69 Å². The van der Waals surface area contributed by atoms with Crippen molar-refractivity contribution in [3.63, 3.8) is 0 Å². The second-order valence-electron chi connectivity index (χ2n) is 4.86. The summed E-state index contributed by atoms with van der Waals surface area (Å²) in [5.74, 6) is 0. The van der Waals surface area contributed by atoms with Gasteiger partial charge in [0.05, 0.1) is 0 Å². The Bertz CT molecular complexity index is 591. The molecule has 1 aromatic heterocycles. The van der Waals surface area contributed by atoms with Crippen LogP contribution in [0.1, 0.15) is 24.9 Å². The number of rotatable bonds is 2. The average molecular weight is 262 g/mol. The van der Waals surface area contributed by atoms with Crippen LogP contribution < -0.4 is 10.6 Å². The van der Waals surface area contributed by atoms with E-state index in [1.165, 1.54) is 12.1 Å². The van der Waals surface area contributed by atoms with Crippen molar-refractivity contribution in [2.24, 2.45) is 5.73 Å². The SMILES string of the molecule is CC(N)c1ccc(N2CCC2)c2cnc(Cl)cc12. The zero-order valence-electron chi connectivity index (χ0n) is 10.4. The Morgan fingerprint density at radius 2 is 2.11 bits per heavy atom. The van der Waals surface area contributed by atoms with E-state index in [2.05, 4.69) is 22.0 Å². The zero-order valence-corrected chi connectivity index (χ0v) is 11.1. The second kappa shape index (κ2) is 4.41. The van der Waals surface area contributed by atoms with Crippen molar-refractivity contribution in [3.8, 4) is 0 Å². The van der Waals surface area contributed by atoms with Crippen molar-refractivity contribution in [1.82, 2.24) is 4.98 Å². The maximum absolute atomic E-state index is 6.03. The Hall–Kier alpha value is -1.32. The third kappa shape index (κ3) is 1.84. The number of fused-ring (bicyclic) bond motifs is 1. The van der Waals surface area contributed by atoms with E-state index in [0.29, 0.717) is 5.15 Å². The van der Waals surface area contributed by atoms with Gasteiger partial charge in [0.1, 0.15) is 5.15 Å². The normalized spacial score (nSPS) is 16.7. The maximum atomic E-state index is 6.03. The van der Waals surface area contributed by atoms with Crippen LogP contribution >= 0.6 is 11.6 Å². The highest BCUT2D eigenvalue weighted by Gasteiger charge is 2.18. The van der Waals surface area contributed by atoms with Crippen molar-refractivity contribution in [1.29, 1.82) is 0 Å². The quantitative estimate of drug-likeness (QED) is 0.845. The summed E-state index contributed by atoms with van der Waals surface area (Å²) in [4.78, 5) is 6.57. The summed E-state index contributed by atoms with van der Waals surface area (Å²) in [6.07, 6.45) is 3.12. The highest BCUT2D eigenvalue weighted by atomic mass is 35.5. The van der Waals surface area contributed by atoms with Crippen molar-refractivity contribution in [2.75, 3.05) is 18.0 Å². The molecule has 1 saturated heterocycles. The van der Waals surface area contributed by atoms with Gasteiger partial charge in [0.15, 0.2) is 0 Å². The van der Waals surface area contributed by atoms with E-state index in [-0.39, 0.29) is 6.04 Å². The summed E-state index contributed by atoms with van der Waals surface area (Å²) in [5.41, 5.74) is 8.39. The lowest BCUT2D eigenvalue weighted by molar-refractivity contribution is 0.619. The predicted molar refractivity (Wildman–Crippen MR) is 76.2 cm³/mol. The molecule has 0 bridgehead atoms. The summed E-state index contributed by atoms with van der Waals surface area (Å²) in [6, 6.07) is 6.17. The van der Waals surface area contributed by atoms with Crippen LogP contribution in [-0.2, 0) is 0 Å². The Morgan fingerprint density at radius 3 is 2.72 bits per heavy atom. The average Bonchev–Trinajstić information content (AvgIpc) is 2.26. The molecule has 1 aliphatic rings. The van der Waals surface area contributed by atoms with Crippen LogP contribution in [0.5, 0.6) is 0 Å². The molecule has 18 heavy (non-hydrogen) atoms. The Kier molecular flexibility index (Phi) is 2.88. The molecule has 0 amide bonds. The minimum absolute atomic E-state index is 0.00333. The number of nitrogens with two attached hydrogens (primary N) is 1. The summed E-state index contributed by atoms with van der Waals surface area (Å²) in [5, 5.41) is 2.79. The van der Waals surface area contributed by atoms with Crippen LogP contribution in [0.25, 0.3) is 10.8 Å². The molecule has 0 saturated carbocycles. The number of pyridine rings is 1. The van der Waals surface area contributed by atoms with Gasteiger partial charge in [0.25, 0.3) is 0 Å². The van der Waals surface area contributed by atoms with Crippen LogP contribution in [0, 0.1) is 0 Å². The molecule has 2 heterocycles. The molecule has 1 unspecified atom stereocenters. The summed E-state index contributed by atoms with van der Waals surface area (Å²) in [6.45, 7) is 4.23. The van der Waals surface area contributed by atoms with E-state index in [1.54, 1.807) is 0 Å².